The van der Waals surface area contributed by atoms with Gasteiger partial charge in [-0.1, -0.05) is 26.2 Å². The highest BCUT2D eigenvalue weighted by Gasteiger charge is 2.38. The van der Waals surface area contributed by atoms with Gasteiger partial charge in [-0.25, -0.2) is 4.98 Å². The summed E-state index contributed by atoms with van der Waals surface area (Å²) >= 11 is 0. The number of imidazole rings is 1. The fourth-order valence-corrected chi connectivity index (χ4v) is 5.72. The highest BCUT2D eigenvalue weighted by Crippen LogP contribution is 2.44. The van der Waals surface area contributed by atoms with Gasteiger partial charge in [-0.2, -0.15) is 13.2 Å². The molecule has 7 nitrogen and oxygen atoms in total. The number of primary amides is 1. The zero-order valence-electron chi connectivity index (χ0n) is 20.9. The van der Waals surface area contributed by atoms with Gasteiger partial charge in [-0.3, -0.25) is 9.59 Å². The Balaban J connectivity index is 0.000000280. The molecule has 2 heterocycles. The normalized spacial score (nSPS) is 23.3. The number of alkyl halides is 3. The zero-order valence-corrected chi connectivity index (χ0v) is 20.9. The molecule has 0 aromatic carbocycles. The number of pyridine rings is 1. The van der Waals surface area contributed by atoms with Crippen LogP contribution in [0.5, 0.6) is 0 Å². The fourth-order valence-electron chi connectivity index (χ4n) is 5.72. The lowest BCUT2D eigenvalue weighted by atomic mass is 10.0. The van der Waals surface area contributed by atoms with E-state index in [1.807, 2.05) is 6.92 Å². The van der Waals surface area contributed by atoms with Crippen molar-refractivity contribution >= 4 is 17.5 Å². The molecule has 0 spiro atoms. The number of nitrogens with two attached hydrogens (primary N) is 1. The van der Waals surface area contributed by atoms with E-state index in [0.717, 1.165) is 43.6 Å². The number of rotatable bonds is 6. The van der Waals surface area contributed by atoms with E-state index < -0.39 is 23.6 Å². The van der Waals surface area contributed by atoms with Crippen molar-refractivity contribution in [2.24, 2.45) is 17.6 Å². The molecule has 2 aromatic rings. The van der Waals surface area contributed by atoms with Crippen LogP contribution in [0.1, 0.15) is 91.5 Å². The molecule has 198 valence electrons. The van der Waals surface area contributed by atoms with Crippen molar-refractivity contribution < 1.29 is 27.9 Å². The number of fused-ring (bicyclic) bond motifs is 2. The van der Waals surface area contributed by atoms with E-state index in [0.29, 0.717) is 17.7 Å². The lowest BCUT2D eigenvalue weighted by Crippen LogP contribution is -2.39. The van der Waals surface area contributed by atoms with Crippen molar-refractivity contribution in [2.45, 2.75) is 83.4 Å². The molecule has 0 radical (unpaired) electrons. The van der Waals surface area contributed by atoms with Gasteiger partial charge in [0.25, 0.3) is 5.91 Å². The average molecular weight is 509 g/mol. The van der Waals surface area contributed by atoms with E-state index in [2.05, 4.69) is 4.98 Å². The monoisotopic (exact) mass is 508 g/mol. The van der Waals surface area contributed by atoms with Gasteiger partial charge in [0, 0.05) is 12.7 Å². The number of nitrogens with zero attached hydrogens (tertiary/aromatic N) is 3. The topological polar surface area (TPSA) is 101 Å². The highest BCUT2D eigenvalue weighted by atomic mass is 19.4. The number of hydrogen-bond acceptors (Lipinski definition) is 4. The second-order valence-corrected chi connectivity index (χ2v) is 10.5. The molecule has 0 aliphatic heterocycles. The van der Waals surface area contributed by atoms with Gasteiger partial charge in [0.15, 0.2) is 0 Å². The summed E-state index contributed by atoms with van der Waals surface area (Å²) in [5.74, 6) is 0.631. The maximum absolute atomic E-state index is 13.6. The van der Waals surface area contributed by atoms with Crippen LogP contribution in [0.4, 0.5) is 13.2 Å². The summed E-state index contributed by atoms with van der Waals surface area (Å²) in [6.07, 6.45) is 5.78. The predicted octanol–water partition coefficient (Wildman–Crippen LogP) is 4.43. The van der Waals surface area contributed by atoms with Crippen LogP contribution in [0.2, 0.25) is 0 Å². The second-order valence-electron chi connectivity index (χ2n) is 10.5. The van der Waals surface area contributed by atoms with Gasteiger partial charge in [-0.15, -0.1) is 0 Å². The van der Waals surface area contributed by atoms with E-state index in [1.54, 1.807) is 13.1 Å². The number of aromatic nitrogens is 2. The van der Waals surface area contributed by atoms with Crippen LogP contribution in [-0.2, 0) is 11.0 Å². The van der Waals surface area contributed by atoms with Crippen LogP contribution >= 0.6 is 0 Å². The standard InChI is InChI=1S/C18H21F3N4O2.C8H14O/c1-3-6-24(9-14(22)26)17(27)15-10(2)25-8-12(11-4-5-11)7-13(16(25)23-15)18(19,20)21;9-8-4-6-2-1-3-7(6)5-8/h7-8,11H,3-6,9H2,1-2H3,(H2,22,26);6-9H,1-5H2/t;6-,7+,8?. The van der Waals surface area contributed by atoms with E-state index in [1.165, 1.54) is 28.6 Å². The SMILES string of the molecule is CCCN(CC(N)=O)C(=O)c1nc2c(C(F)(F)F)cc(C3CC3)cn2c1C.OC1C[C@H]2CCC[C@H]2C1. The minimum atomic E-state index is -4.58. The molecule has 2 aromatic heterocycles. The van der Waals surface area contributed by atoms with Crippen molar-refractivity contribution in [1.82, 2.24) is 14.3 Å². The Morgan fingerprint density at radius 2 is 1.83 bits per heavy atom. The molecule has 3 aliphatic carbocycles. The van der Waals surface area contributed by atoms with Crippen LogP contribution in [0.25, 0.3) is 5.65 Å². The Labute approximate surface area is 208 Å². The molecular weight excluding hydrogens is 473 g/mol. The summed E-state index contributed by atoms with van der Waals surface area (Å²) in [7, 11) is 0. The Hall–Kier alpha value is -2.62. The first-order chi connectivity index (χ1) is 17.0. The van der Waals surface area contributed by atoms with Gasteiger partial charge >= 0.3 is 6.18 Å². The smallest absolute Gasteiger partial charge is 0.393 e. The summed E-state index contributed by atoms with van der Waals surface area (Å²) in [6, 6.07) is 1.13. The number of carbonyl (C=O) groups excluding carboxylic acids is 2. The summed E-state index contributed by atoms with van der Waals surface area (Å²) < 4.78 is 42.0. The summed E-state index contributed by atoms with van der Waals surface area (Å²) in [5.41, 5.74) is 4.84. The van der Waals surface area contributed by atoms with Gasteiger partial charge < -0.3 is 20.1 Å². The van der Waals surface area contributed by atoms with Crippen LogP contribution in [0.3, 0.4) is 0 Å². The summed E-state index contributed by atoms with van der Waals surface area (Å²) in [6.45, 7) is 3.33. The predicted molar refractivity (Wildman–Crippen MR) is 128 cm³/mol. The molecular formula is C26H35F3N4O3. The van der Waals surface area contributed by atoms with E-state index >= 15 is 0 Å². The number of carbonyl (C=O) groups is 2. The molecule has 0 bridgehead atoms. The van der Waals surface area contributed by atoms with E-state index in [9.17, 15) is 27.9 Å². The minimum absolute atomic E-state index is 0.0558. The van der Waals surface area contributed by atoms with Gasteiger partial charge in [0.1, 0.15) is 11.3 Å². The third-order valence-electron chi connectivity index (χ3n) is 7.63. The van der Waals surface area contributed by atoms with Gasteiger partial charge in [-0.05, 0) is 68.4 Å². The van der Waals surface area contributed by atoms with Crippen molar-refractivity contribution in [1.29, 1.82) is 0 Å². The van der Waals surface area contributed by atoms with Crippen molar-refractivity contribution in [2.75, 3.05) is 13.1 Å². The van der Waals surface area contributed by atoms with Crippen LogP contribution in [0, 0.1) is 18.8 Å². The summed E-state index contributed by atoms with van der Waals surface area (Å²) in [5, 5.41) is 9.24. The van der Waals surface area contributed by atoms with Gasteiger partial charge in [0.2, 0.25) is 5.91 Å². The lowest BCUT2D eigenvalue weighted by Gasteiger charge is -2.19. The molecule has 36 heavy (non-hydrogen) atoms. The highest BCUT2D eigenvalue weighted by molar-refractivity contribution is 5.96. The Kier molecular flexibility index (Phi) is 7.64. The molecule has 3 saturated carbocycles. The van der Waals surface area contributed by atoms with Crippen molar-refractivity contribution in [3.05, 3.63) is 34.8 Å². The molecule has 3 atom stereocenters. The van der Waals surface area contributed by atoms with E-state index in [4.69, 9.17) is 5.73 Å². The van der Waals surface area contributed by atoms with E-state index in [-0.39, 0.29) is 36.5 Å². The first-order valence-electron chi connectivity index (χ1n) is 12.8. The Bertz CT molecular complexity index is 1110. The van der Waals surface area contributed by atoms with Crippen molar-refractivity contribution in [3.8, 4) is 0 Å². The molecule has 3 aliphatic rings. The average Bonchev–Trinajstić information content (AvgIpc) is 3.35. The number of aliphatic hydroxyl groups is 1. The third kappa shape index (κ3) is 5.68. The van der Waals surface area contributed by atoms with Crippen molar-refractivity contribution in [3.63, 3.8) is 0 Å². The minimum Gasteiger partial charge on any atom is -0.393 e. The second kappa shape index (κ2) is 10.4. The first kappa shape index (κ1) is 26.4. The fraction of sp³-hybridized carbons (Fsp3) is 0.654. The largest absolute Gasteiger partial charge is 0.419 e. The van der Waals surface area contributed by atoms with Crippen LogP contribution in [0.15, 0.2) is 12.3 Å². The zero-order chi connectivity index (χ0) is 26.2. The first-order valence-corrected chi connectivity index (χ1v) is 12.8. The number of amides is 2. The number of aliphatic hydroxyl groups excluding tert-OH is 1. The molecule has 3 N–H and O–H groups in total. The summed E-state index contributed by atoms with van der Waals surface area (Å²) in [4.78, 5) is 29.3. The molecule has 3 fully saturated rings. The maximum atomic E-state index is 13.6. The third-order valence-corrected chi connectivity index (χ3v) is 7.63. The van der Waals surface area contributed by atoms with Crippen LogP contribution in [-0.4, -0.2) is 50.4 Å². The number of halogens is 3. The molecule has 10 heteroatoms. The molecule has 5 rings (SSSR count). The van der Waals surface area contributed by atoms with Crippen LogP contribution < -0.4 is 5.73 Å². The Morgan fingerprint density at radius 3 is 2.36 bits per heavy atom. The number of aryl methyl sites for hydroxylation is 1. The lowest BCUT2D eigenvalue weighted by molar-refractivity contribution is -0.136. The molecule has 1 unspecified atom stereocenters. The number of hydrogen-bond donors (Lipinski definition) is 2. The maximum Gasteiger partial charge on any atom is 0.419 e. The quantitative estimate of drug-likeness (QED) is 0.603. The molecule has 2 amide bonds. The molecule has 0 saturated heterocycles. The van der Waals surface area contributed by atoms with Gasteiger partial charge in [0.05, 0.1) is 23.9 Å². The Morgan fingerprint density at radius 1 is 1.19 bits per heavy atom.